The van der Waals surface area contributed by atoms with E-state index < -0.39 is 17.7 Å². The van der Waals surface area contributed by atoms with Crippen LogP contribution in [-0.2, 0) is 4.79 Å². The second kappa shape index (κ2) is 7.21. The average Bonchev–Trinajstić information content (AvgIpc) is 2.68. The molecule has 140 valence electrons. The van der Waals surface area contributed by atoms with Gasteiger partial charge in [0, 0.05) is 27.6 Å². The predicted octanol–water partition coefficient (Wildman–Crippen LogP) is 5.80. The van der Waals surface area contributed by atoms with E-state index in [4.69, 9.17) is 16.3 Å². The lowest BCUT2D eigenvalue weighted by molar-refractivity contribution is -0.119. The first-order valence-electron chi connectivity index (χ1n) is 8.82. The molecule has 0 amide bonds. The van der Waals surface area contributed by atoms with Gasteiger partial charge >= 0.3 is 0 Å². The van der Waals surface area contributed by atoms with E-state index in [-0.39, 0.29) is 17.1 Å². The number of ether oxygens (including phenoxy) is 1. The van der Waals surface area contributed by atoms with Crippen molar-refractivity contribution in [3.8, 4) is 11.5 Å². The Morgan fingerprint density at radius 3 is 2.36 bits per heavy atom. The van der Waals surface area contributed by atoms with E-state index in [1.165, 1.54) is 31.2 Å². The van der Waals surface area contributed by atoms with Crippen molar-refractivity contribution in [1.82, 2.24) is 0 Å². The topological polar surface area (TPSA) is 43.4 Å². The highest BCUT2D eigenvalue weighted by molar-refractivity contribution is 6.30. The third kappa shape index (κ3) is 3.20. The molecule has 1 aliphatic rings. The van der Waals surface area contributed by atoms with Crippen LogP contribution in [-0.4, -0.2) is 11.6 Å². The zero-order valence-corrected chi connectivity index (χ0v) is 15.7. The van der Waals surface area contributed by atoms with Gasteiger partial charge in [0.15, 0.2) is 5.78 Å². The molecule has 0 fully saturated rings. The fourth-order valence-electron chi connectivity index (χ4n) is 3.70. The number of fused-ring (bicyclic) bond motifs is 2. The van der Waals surface area contributed by atoms with Crippen molar-refractivity contribution in [2.45, 2.75) is 12.8 Å². The highest BCUT2D eigenvalue weighted by Crippen LogP contribution is 2.49. The molecule has 0 spiro atoms. The lowest BCUT2D eigenvalue weighted by atomic mass is 9.74. The molecule has 3 aromatic carbocycles. The third-order valence-corrected chi connectivity index (χ3v) is 5.20. The summed E-state index contributed by atoms with van der Waals surface area (Å²) in [6.45, 7) is 1.40. The number of halogens is 2. The molecular weight excluding hydrogens is 379 g/mol. The third-order valence-electron chi connectivity index (χ3n) is 4.96. The number of hydrogen-bond donors (Lipinski definition) is 0. The molecule has 0 N–H and O–H groups in total. The van der Waals surface area contributed by atoms with E-state index in [0.717, 1.165) is 5.56 Å². The summed E-state index contributed by atoms with van der Waals surface area (Å²) in [6.07, 6.45) is 0. The Labute approximate surface area is 166 Å². The molecule has 4 rings (SSSR count). The Morgan fingerprint density at radius 1 is 0.964 bits per heavy atom. The van der Waals surface area contributed by atoms with Crippen LogP contribution >= 0.6 is 11.6 Å². The maximum atomic E-state index is 13.3. The second-order valence-electron chi connectivity index (χ2n) is 6.76. The monoisotopic (exact) mass is 394 g/mol. The number of Topliss-reactive ketones (excluding diaryl/α,β-unsaturated/α-hetero) is 2. The summed E-state index contributed by atoms with van der Waals surface area (Å²) in [6, 6.07) is 17.7. The van der Waals surface area contributed by atoms with Gasteiger partial charge in [0.1, 0.15) is 23.1 Å². The number of para-hydroxylation sites is 1. The van der Waals surface area contributed by atoms with Crippen molar-refractivity contribution in [2.24, 2.45) is 5.92 Å². The summed E-state index contributed by atoms with van der Waals surface area (Å²) in [5, 5.41) is 0.489. The minimum atomic E-state index is -0.979. The first-order valence-corrected chi connectivity index (χ1v) is 9.20. The van der Waals surface area contributed by atoms with Crippen LogP contribution in [0.25, 0.3) is 0 Å². The lowest BCUT2D eigenvalue weighted by Gasteiger charge is -2.32. The Bertz CT molecular complexity index is 1080. The molecule has 28 heavy (non-hydrogen) atoms. The molecule has 3 nitrogen and oxygen atoms in total. The van der Waals surface area contributed by atoms with E-state index in [1.54, 1.807) is 24.3 Å². The molecule has 0 aliphatic carbocycles. The average molecular weight is 395 g/mol. The van der Waals surface area contributed by atoms with E-state index in [2.05, 4.69) is 0 Å². The van der Waals surface area contributed by atoms with Crippen LogP contribution in [0.1, 0.15) is 34.3 Å². The van der Waals surface area contributed by atoms with Crippen molar-refractivity contribution in [3.05, 3.63) is 94.3 Å². The Balaban J connectivity index is 1.89. The van der Waals surface area contributed by atoms with Gasteiger partial charge in [-0.05, 0) is 55.5 Å². The van der Waals surface area contributed by atoms with Crippen molar-refractivity contribution in [1.29, 1.82) is 0 Å². The number of ketones is 2. The van der Waals surface area contributed by atoms with Crippen LogP contribution in [0.5, 0.6) is 11.5 Å². The van der Waals surface area contributed by atoms with E-state index in [0.29, 0.717) is 22.1 Å². The quantitative estimate of drug-likeness (QED) is 0.414. The normalized spacial score (nSPS) is 15.8. The smallest absolute Gasteiger partial charge is 0.174 e. The van der Waals surface area contributed by atoms with Crippen LogP contribution in [0.3, 0.4) is 0 Å². The van der Waals surface area contributed by atoms with Gasteiger partial charge in [-0.15, -0.1) is 0 Å². The summed E-state index contributed by atoms with van der Waals surface area (Å²) in [5.74, 6) is -1.44. The summed E-state index contributed by atoms with van der Waals surface area (Å²) < 4.78 is 19.3. The van der Waals surface area contributed by atoms with Gasteiger partial charge in [-0.1, -0.05) is 29.8 Å². The van der Waals surface area contributed by atoms with Crippen LogP contribution in [0.4, 0.5) is 4.39 Å². The fraction of sp³-hybridized carbons (Fsp3) is 0.130. The molecule has 2 unspecified atom stereocenters. The molecule has 0 aromatic heterocycles. The van der Waals surface area contributed by atoms with Crippen molar-refractivity contribution < 1.29 is 18.7 Å². The number of hydrogen-bond acceptors (Lipinski definition) is 3. The first kappa shape index (κ1) is 18.4. The van der Waals surface area contributed by atoms with Crippen LogP contribution in [0.15, 0.2) is 66.7 Å². The molecule has 0 radical (unpaired) electrons. The minimum Gasteiger partial charge on any atom is -0.457 e. The van der Waals surface area contributed by atoms with Crippen LogP contribution in [0, 0.1) is 11.7 Å². The largest absolute Gasteiger partial charge is 0.457 e. The summed E-state index contributed by atoms with van der Waals surface area (Å²) >= 11 is 6.20. The van der Waals surface area contributed by atoms with E-state index >= 15 is 0 Å². The molecule has 1 aliphatic heterocycles. The molecule has 0 saturated heterocycles. The molecule has 0 saturated carbocycles. The van der Waals surface area contributed by atoms with E-state index in [9.17, 15) is 14.0 Å². The number of carbonyl (C=O) groups is 2. The van der Waals surface area contributed by atoms with Crippen molar-refractivity contribution in [2.75, 3.05) is 0 Å². The minimum absolute atomic E-state index is 0.276. The van der Waals surface area contributed by atoms with Gasteiger partial charge in [-0.2, -0.15) is 0 Å². The lowest BCUT2D eigenvalue weighted by Crippen LogP contribution is -2.31. The number of benzene rings is 3. The van der Waals surface area contributed by atoms with Gasteiger partial charge in [-0.25, -0.2) is 4.39 Å². The molecule has 1 heterocycles. The fourth-order valence-corrected chi connectivity index (χ4v) is 3.88. The molecule has 3 aromatic rings. The maximum Gasteiger partial charge on any atom is 0.174 e. The second-order valence-corrected chi connectivity index (χ2v) is 7.20. The molecule has 2 atom stereocenters. The van der Waals surface area contributed by atoms with Crippen molar-refractivity contribution in [3.63, 3.8) is 0 Å². The highest BCUT2D eigenvalue weighted by Gasteiger charge is 2.40. The van der Waals surface area contributed by atoms with Gasteiger partial charge in [0.25, 0.3) is 0 Å². The van der Waals surface area contributed by atoms with Gasteiger partial charge in [0.2, 0.25) is 0 Å². The van der Waals surface area contributed by atoms with Gasteiger partial charge < -0.3 is 4.74 Å². The molecule has 0 bridgehead atoms. The highest BCUT2D eigenvalue weighted by atomic mass is 35.5. The number of rotatable bonds is 4. The van der Waals surface area contributed by atoms with Crippen molar-refractivity contribution >= 4 is 23.2 Å². The van der Waals surface area contributed by atoms with Gasteiger partial charge in [-0.3, -0.25) is 9.59 Å². The number of carbonyl (C=O) groups excluding carboxylic acids is 2. The maximum absolute atomic E-state index is 13.3. The zero-order chi connectivity index (χ0) is 19.8. The van der Waals surface area contributed by atoms with Crippen LogP contribution in [0.2, 0.25) is 5.02 Å². The summed E-state index contributed by atoms with van der Waals surface area (Å²) in [5.41, 5.74) is 1.71. The van der Waals surface area contributed by atoms with Crippen LogP contribution < -0.4 is 4.74 Å². The first-order chi connectivity index (χ1) is 13.5. The predicted molar refractivity (Wildman–Crippen MR) is 105 cm³/mol. The SMILES string of the molecule is CC(=O)C(C(=O)c1ccc(F)cc1)C1c2ccccc2Oc2ccc(Cl)cc21. The molecular formula is C23H16ClFO3. The van der Waals surface area contributed by atoms with Gasteiger partial charge in [0.05, 0.1) is 5.92 Å². The standard InChI is InChI=1S/C23H16ClFO3/c1-13(26)21(23(27)14-6-9-16(25)10-7-14)22-17-4-2-3-5-19(17)28-20-11-8-15(24)12-18(20)22/h2-12,21-22H,1H3. The van der Waals surface area contributed by atoms with E-state index in [1.807, 2.05) is 18.2 Å². The Hall–Kier alpha value is -2.98. The summed E-state index contributed by atoms with van der Waals surface area (Å²) in [7, 11) is 0. The zero-order valence-electron chi connectivity index (χ0n) is 15.0. The molecule has 5 heteroatoms. The Morgan fingerprint density at radius 2 is 1.64 bits per heavy atom. The summed E-state index contributed by atoms with van der Waals surface area (Å²) in [4.78, 5) is 25.9. The Kier molecular flexibility index (Phi) is 4.73.